The van der Waals surface area contributed by atoms with E-state index in [2.05, 4.69) is 15.4 Å². The van der Waals surface area contributed by atoms with Gasteiger partial charge in [0.2, 0.25) is 15.9 Å². The van der Waals surface area contributed by atoms with Crippen LogP contribution in [0, 0.1) is 13.8 Å². The Morgan fingerprint density at radius 3 is 2.46 bits per heavy atom. The topological polar surface area (TPSA) is 99.0 Å². The van der Waals surface area contributed by atoms with Crippen molar-refractivity contribution >= 4 is 28.3 Å². The van der Waals surface area contributed by atoms with Crippen molar-refractivity contribution in [3.05, 3.63) is 11.5 Å². The van der Waals surface area contributed by atoms with Crippen LogP contribution in [0.5, 0.6) is 0 Å². The van der Waals surface area contributed by atoms with E-state index >= 15 is 0 Å². The fourth-order valence-corrected chi connectivity index (χ4v) is 5.47. The predicted molar refractivity (Wildman–Crippen MR) is 107 cm³/mol. The molecule has 1 aromatic rings. The van der Waals surface area contributed by atoms with E-state index in [9.17, 15) is 13.2 Å². The zero-order valence-corrected chi connectivity index (χ0v) is 18.1. The van der Waals surface area contributed by atoms with Gasteiger partial charge in [0.05, 0.1) is 0 Å². The highest BCUT2D eigenvalue weighted by Crippen LogP contribution is 2.24. The number of amides is 1. The van der Waals surface area contributed by atoms with Gasteiger partial charge in [0.15, 0.2) is 5.76 Å². The lowest BCUT2D eigenvalue weighted by atomic mass is 10.3. The average molecular weight is 436 g/mol. The van der Waals surface area contributed by atoms with Crippen molar-refractivity contribution in [3.63, 3.8) is 0 Å². The van der Waals surface area contributed by atoms with Crippen molar-refractivity contribution in [2.75, 3.05) is 58.9 Å². The third-order valence-corrected chi connectivity index (χ3v) is 7.37. The van der Waals surface area contributed by atoms with Gasteiger partial charge in [-0.2, -0.15) is 4.31 Å². The van der Waals surface area contributed by atoms with E-state index in [4.69, 9.17) is 4.52 Å². The lowest BCUT2D eigenvalue weighted by Gasteiger charge is -2.28. The normalized spacial score (nSPS) is 19.9. The fourth-order valence-electron chi connectivity index (χ4n) is 3.71. The number of rotatable bonds is 5. The van der Waals surface area contributed by atoms with Crippen molar-refractivity contribution in [1.82, 2.24) is 24.6 Å². The summed E-state index contributed by atoms with van der Waals surface area (Å²) < 4.78 is 32.5. The molecule has 0 atom stereocenters. The second kappa shape index (κ2) is 10.0. The first-order valence-corrected chi connectivity index (χ1v) is 11.0. The van der Waals surface area contributed by atoms with E-state index in [1.54, 1.807) is 13.8 Å². The van der Waals surface area contributed by atoms with Gasteiger partial charge in [-0.3, -0.25) is 4.79 Å². The van der Waals surface area contributed by atoms with Crippen molar-refractivity contribution < 1.29 is 17.7 Å². The maximum Gasteiger partial charge on any atom is 0.248 e. The van der Waals surface area contributed by atoms with Crippen LogP contribution in [-0.4, -0.2) is 92.5 Å². The average Bonchev–Trinajstić information content (AvgIpc) is 2.86. The minimum Gasteiger partial charge on any atom is -0.360 e. The molecule has 9 nitrogen and oxygen atoms in total. The number of aryl methyl sites for hydroxylation is 2. The molecule has 3 heterocycles. The summed E-state index contributed by atoms with van der Waals surface area (Å²) >= 11 is 0. The summed E-state index contributed by atoms with van der Waals surface area (Å²) in [6, 6.07) is 0. The molecule has 3 rings (SSSR count). The smallest absolute Gasteiger partial charge is 0.248 e. The Hall–Kier alpha value is -1.20. The maximum atomic E-state index is 13.0. The highest BCUT2D eigenvalue weighted by atomic mass is 35.5. The molecule has 2 aliphatic rings. The minimum atomic E-state index is -3.61. The molecule has 1 amide bonds. The van der Waals surface area contributed by atoms with Gasteiger partial charge in [-0.1, -0.05) is 5.16 Å². The molecule has 0 aliphatic carbocycles. The molecular weight excluding hydrogens is 406 g/mol. The lowest BCUT2D eigenvalue weighted by Crippen LogP contribution is -2.47. The number of carbonyl (C=O) groups is 1. The number of halogens is 1. The van der Waals surface area contributed by atoms with Gasteiger partial charge in [-0.15, -0.1) is 12.4 Å². The van der Waals surface area contributed by atoms with Gasteiger partial charge < -0.3 is 19.6 Å². The zero-order chi connectivity index (χ0) is 19.4. The summed E-state index contributed by atoms with van der Waals surface area (Å²) in [5.74, 6) is 0.510. The number of aromatic nitrogens is 1. The molecule has 1 N–H and O–H groups in total. The Morgan fingerprint density at radius 2 is 1.82 bits per heavy atom. The van der Waals surface area contributed by atoms with Crippen LogP contribution in [0.15, 0.2) is 9.42 Å². The predicted octanol–water partition coefficient (Wildman–Crippen LogP) is 0.232. The monoisotopic (exact) mass is 435 g/mol. The molecule has 2 fully saturated rings. The summed E-state index contributed by atoms with van der Waals surface area (Å²) in [6.45, 7) is 9.47. The van der Waals surface area contributed by atoms with Crippen LogP contribution < -0.4 is 5.32 Å². The molecule has 0 aromatic carbocycles. The summed E-state index contributed by atoms with van der Waals surface area (Å²) in [5, 5.41) is 7.01. The molecule has 0 saturated carbocycles. The molecule has 11 heteroatoms. The third kappa shape index (κ3) is 5.24. The molecule has 0 spiro atoms. The van der Waals surface area contributed by atoms with Gasteiger partial charge in [0, 0.05) is 58.8 Å². The Bertz CT molecular complexity index is 744. The van der Waals surface area contributed by atoms with Crippen molar-refractivity contribution in [3.8, 4) is 0 Å². The lowest BCUT2D eigenvalue weighted by molar-refractivity contribution is -0.132. The maximum absolute atomic E-state index is 13.0. The molecule has 160 valence electrons. The summed E-state index contributed by atoms with van der Waals surface area (Å²) in [7, 11) is -3.61. The van der Waals surface area contributed by atoms with Crippen LogP contribution in [0.3, 0.4) is 0 Å². The largest absolute Gasteiger partial charge is 0.360 e. The number of nitrogens with one attached hydrogen (secondary N) is 1. The Kier molecular flexibility index (Phi) is 8.26. The first kappa shape index (κ1) is 23.1. The van der Waals surface area contributed by atoms with Crippen LogP contribution >= 0.6 is 12.4 Å². The van der Waals surface area contributed by atoms with E-state index in [0.29, 0.717) is 44.1 Å². The SMILES string of the molecule is Cc1noc(C)c1S(=O)(=O)N1CCCN(CCC(=O)N2CCNCC2)CC1.Cl. The summed E-state index contributed by atoms with van der Waals surface area (Å²) in [4.78, 5) is 16.6. The number of carbonyl (C=O) groups excluding carboxylic acids is 1. The van der Waals surface area contributed by atoms with Gasteiger partial charge in [0.1, 0.15) is 10.6 Å². The van der Waals surface area contributed by atoms with E-state index in [1.165, 1.54) is 4.31 Å². The van der Waals surface area contributed by atoms with Crippen LogP contribution in [-0.2, 0) is 14.8 Å². The van der Waals surface area contributed by atoms with Gasteiger partial charge in [0.25, 0.3) is 0 Å². The molecule has 0 radical (unpaired) electrons. The summed E-state index contributed by atoms with van der Waals surface area (Å²) in [6.07, 6.45) is 1.22. The molecule has 2 aliphatic heterocycles. The molecular formula is C17H30ClN5O4S. The molecule has 28 heavy (non-hydrogen) atoms. The Balaban J connectivity index is 0.00000280. The van der Waals surface area contributed by atoms with Crippen molar-refractivity contribution in [2.45, 2.75) is 31.6 Å². The van der Waals surface area contributed by atoms with Crippen LogP contribution in [0.2, 0.25) is 0 Å². The van der Waals surface area contributed by atoms with E-state index in [1.807, 2.05) is 4.90 Å². The quantitative estimate of drug-likeness (QED) is 0.706. The second-order valence-corrected chi connectivity index (χ2v) is 9.01. The number of hydrogen-bond donors (Lipinski definition) is 1. The first-order chi connectivity index (χ1) is 12.9. The van der Waals surface area contributed by atoms with E-state index in [-0.39, 0.29) is 23.2 Å². The Morgan fingerprint density at radius 1 is 1.11 bits per heavy atom. The first-order valence-electron chi connectivity index (χ1n) is 9.53. The van der Waals surface area contributed by atoms with Crippen molar-refractivity contribution in [1.29, 1.82) is 0 Å². The fraction of sp³-hybridized carbons (Fsp3) is 0.765. The zero-order valence-electron chi connectivity index (χ0n) is 16.5. The van der Waals surface area contributed by atoms with Gasteiger partial charge in [-0.25, -0.2) is 8.42 Å². The number of nitrogens with zero attached hydrogens (tertiary/aromatic N) is 4. The number of hydrogen-bond acceptors (Lipinski definition) is 7. The van der Waals surface area contributed by atoms with Crippen LogP contribution in [0.1, 0.15) is 24.3 Å². The molecule has 2 saturated heterocycles. The highest BCUT2D eigenvalue weighted by Gasteiger charge is 2.32. The minimum absolute atomic E-state index is 0. The summed E-state index contributed by atoms with van der Waals surface area (Å²) in [5.41, 5.74) is 0.398. The van der Waals surface area contributed by atoms with Crippen molar-refractivity contribution in [2.24, 2.45) is 0 Å². The number of piperazine rings is 1. The highest BCUT2D eigenvalue weighted by molar-refractivity contribution is 7.89. The van der Waals surface area contributed by atoms with Crippen LogP contribution in [0.4, 0.5) is 0 Å². The second-order valence-electron chi connectivity index (χ2n) is 7.13. The van der Waals surface area contributed by atoms with Gasteiger partial charge in [-0.05, 0) is 26.8 Å². The van der Waals surface area contributed by atoms with E-state index < -0.39 is 10.0 Å². The molecule has 1 aromatic heterocycles. The van der Waals surface area contributed by atoms with Crippen LogP contribution in [0.25, 0.3) is 0 Å². The van der Waals surface area contributed by atoms with Gasteiger partial charge >= 0.3 is 0 Å². The van der Waals surface area contributed by atoms with E-state index in [0.717, 1.165) is 39.1 Å². The molecule has 0 bridgehead atoms. The Labute approximate surface area is 172 Å². The standard InChI is InChI=1S/C17H29N5O4S.ClH/c1-14-17(15(2)26-19-14)27(24,25)22-8-3-7-20(12-13-22)9-4-16(23)21-10-5-18-6-11-21;/h18H,3-13H2,1-2H3;1H. The molecule has 0 unspecified atom stereocenters. The third-order valence-electron chi connectivity index (χ3n) is 5.22. The number of sulfonamides is 1.